The third kappa shape index (κ3) is 2.62. The van der Waals surface area contributed by atoms with Gasteiger partial charge in [-0.25, -0.2) is 0 Å². The highest BCUT2D eigenvalue weighted by molar-refractivity contribution is 8.02. The van der Waals surface area contributed by atoms with Crippen LogP contribution in [0.3, 0.4) is 0 Å². The van der Waals surface area contributed by atoms with Gasteiger partial charge in [0, 0.05) is 26.2 Å². The van der Waals surface area contributed by atoms with Crippen LogP contribution >= 0.6 is 23.5 Å². The molecule has 0 bridgehead atoms. The van der Waals surface area contributed by atoms with E-state index in [0.29, 0.717) is 0 Å². The third-order valence-electron chi connectivity index (χ3n) is 2.05. The van der Waals surface area contributed by atoms with Crippen LogP contribution in [0.5, 0.6) is 0 Å². The molecule has 88 valence electrons. The standard InChI is InChI=1S/C10H14N2O2S2/c1-7(13)11-5-10(16-4)12(8(2)14)6-9(11)15-3/h5-6H,1-4H3. The van der Waals surface area contributed by atoms with Gasteiger partial charge in [0.15, 0.2) is 0 Å². The first kappa shape index (κ1) is 13.2. The first-order chi connectivity index (χ1) is 7.51. The Balaban J connectivity index is 3.11. The zero-order valence-electron chi connectivity index (χ0n) is 9.68. The summed E-state index contributed by atoms with van der Waals surface area (Å²) in [5.74, 6) is -0.120. The number of nitrogens with zero attached hydrogens (tertiary/aromatic N) is 2. The van der Waals surface area contributed by atoms with Crippen molar-refractivity contribution in [2.75, 3.05) is 12.5 Å². The van der Waals surface area contributed by atoms with Gasteiger partial charge in [-0.15, -0.1) is 23.5 Å². The van der Waals surface area contributed by atoms with E-state index in [2.05, 4.69) is 0 Å². The van der Waals surface area contributed by atoms with Crippen LogP contribution in [0.2, 0.25) is 0 Å². The van der Waals surface area contributed by atoms with Gasteiger partial charge in [0.25, 0.3) is 0 Å². The minimum Gasteiger partial charge on any atom is -0.278 e. The Morgan fingerprint density at radius 1 is 0.938 bits per heavy atom. The number of rotatable bonds is 2. The lowest BCUT2D eigenvalue weighted by Crippen LogP contribution is -2.32. The number of thioether (sulfide) groups is 2. The molecule has 0 unspecified atom stereocenters. The van der Waals surface area contributed by atoms with E-state index in [1.807, 2.05) is 12.5 Å². The number of carbonyl (C=O) groups is 2. The van der Waals surface area contributed by atoms with Crippen molar-refractivity contribution in [3.05, 3.63) is 22.5 Å². The molecular formula is C10H14N2O2S2. The molecule has 16 heavy (non-hydrogen) atoms. The molecule has 0 radical (unpaired) electrons. The molecule has 2 amide bonds. The monoisotopic (exact) mass is 258 g/mol. The van der Waals surface area contributed by atoms with Gasteiger partial charge in [0.2, 0.25) is 11.8 Å². The maximum atomic E-state index is 11.4. The molecule has 1 rings (SSSR count). The summed E-state index contributed by atoms with van der Waals surface area (Å²) in [6.45, 7) is 3.00. The van der Waals surface area contributed by atoms with E-state index >= 15 is 0 Å². The first-order valence-electron chi connectivity index (χ1n) is 4.62. The summed E-state index contributed by atoms with van der Waals surface area (Å²) in [6.07, 6.45) is 7.14. The van der Waals surface area contributed by atoms with Crippen LogP contribution in [-0.2, 0) is 9.59 Å². The summed E-state index contributed by atoms with van der Waals surface area (Å²) in [5.41, 5.74) is 0. The minimum atomic E-state index is -0.0599. The molecule has 0 N–H and O–H groups in total. The molecule has 0 atom stereocenters. The fourth-order valence-electron chi connectivity index (χ4n) is 1.27. The lowest BCUT2D eigenvalue weighted by Gasteiger charge is -2.30. The molecule has 0 saturated carbocycles. The highest BCUT2D eigenvalue weighted by atomic mass is 32.2. The molecule has 0 aromatic heterocycles. The molecule has 0 saturated heterocycles. The highest BCUT2D eigenvalue weighted by Crippen LogP contribution is 2.30. The Hall–Kier alpha value is -0.880. The quantitative estimate of drug-likeness (QED) is 0.760. The van der Waals surface area contributed by atoms with Crippen LogP contribution in [0.25, 0.3) is 0 Å². The van der Waals surface area contributed by atoms with Gasteiger partial charge in [-0.3, -0.25) is 19.4 Å². The van der Waals surface area contributed by atoms with E-state index in [1.54, 1.807) is 22.2 Å². The molecule has 1 aliphatic rings. The van der Waals surface area contributed by atoms with E-state index in [4.69, 9.17) is 0 Å². The van der Waals surface area contributed by atoms with Crippen LogP contribution in [0, 0.1) is 0 Å². The van der Waals surface area contributed by atoms with Gasteiger partial charge < -0.3 is 0 Å². The largest absolute Gasteiger partial charge is 0.278 e. The fraction of sp³-hybridized carbons (Fsp3) is 0.400. The molecule has 4 nitrogen and oxygen atoms in total. The van der Waals surface area contributed by atoms with Crippen LogP contribution < -0.4 is 0 Å². The van der Waals surface area contributed by atoms with Crippen molar-refractivity contribution in [2.24, 2.45) is 0 Å². The van der Waals surface area contributed by atoms with Gasteiger partial charge in [-0.2, -0.15) is 0 Å². The zero-order valence-corrected chi connectivity index (χ0v) is 11.3. The van der Waals surface area contributed by atoms with E-state index in [1.165, 1.54) is 37.4 Å². The average Bonchev–Trinajstić information content (AvgIpc) is 2.26. The summed E-state index contributed by atoms with van der Waals surface area (Å²) >= 11 is 2.87. The number of hydrogen-bond acceptors (Lipinski definition) is 4. The first-order valence-corrected chi connectivity index (χ1v) is 7.07. The van der Waals surface area contributed by atoms with Crippen LogP contribution in [-0.4, -0.2) is 34.1 Å². The Morgan fingerprint density at radius 3 is 1.44 bits per heavy atom. The Morgan fingerprint density at radius 2 is 1.25 bits per heavy atom. The molecule has 0 aliphatic carbocycles. The number of carbonyl (C=O) groups excluding carboxylic acids is 2. The Kier molecular flexibility index (Phi) is 4.49. The van der Waals surface area contributed by atoms with Crippen molar-refractivity contribution in [3.8, 4) is 0 Å². The summed E-state index contributed by atoms with van der Waals surface area (Å²) in [5, 5.41) is 1.50. The molecular weight excluding hydrogens is 244 g/mol. The van der Waals surface area contributed by atoms with Crippen molar-refractivity contribution in [3.63, 3.8) is 0 Å². The zero-order chi connectivity index (χ0) is 12.3. The SMILES string of the molecule is CSC1=CN(C(C)=O)C(SC)=CN1C(C)=O. The van der Waals surface area contributed by atoms with Crippen LogP contribution in [0.4, 0.5) is 0 Å². The summed E-state index contributed by atoms with van der Waals surface area (Å²) in [6, 6.07) is 0. The topological polar surface area (TPSA) is 40.6 Å². The predicted octanol–water partition coefficient (Wildman–Crippen LogP) is 2.02. The van der Waals surface area contributed by atoms with Crippen LogP contribution in [0.1, 0.15) is 13.8 Å². The highest BCUT2D eigenvalue weighted by Gasteiger charge is 2.23. The number of hydrogen-bond donors (Lipinski definition) is 0. The van der Waals surface area contributed by atoms with Crippen molar-refractivity contribution >= 4 is 35.3 Å². The van der Waals surface area contributed by atoms with Gasteiger partial charge in [-0.05, 0) is 12.5 Å². The molecule has 0 aromatic rings. The van der Waals surface area contributed by atoms with Gasteiger partial charge >= 0.3 is 0 Å². The van der Waals surface area contributed by atoms with Gasteiger partial charge in [-0.1, -0.05) is 0 Å². The van der Waals surface area contributed by atoms with E-state index < -0.39 is 0 Å². The lowest BCUT2D eigenvalue weighted by molar-refractivity contribution is -0.127. The van der Waals surface area contributed by atoms with Gasteiger partial charge in [0.05, 0.1) is 10.1 Å². The van der Waals surface area contributed by atoms with Crippen molar-refractivity contribution in [1.82, 2.24) is 9.80 Å². The molecule has 6 heteroatoms. The maximum absolute atomic E-state index is 11.4. The second kappa shape index (κ2) is 5.45. The smallest absolute Gasteiger partial charge is 0.228 e. The summed E-state index contributed by atoms with van der Waals surface area (Å²) in [7, 11) is 0. The van der Waals surface area contributed by atoms with Crippen molar-refractivity contribution < 1.29 is 9.59 Å². The molecule has 1 heterocycles. The normalized spacial score (nSPS) is 15.8. The predicted molar refractivity (Wildman–Crippen MR) is 68.2 cm³/mol. The summed E-state index contributed by atoms with van der Waals surface area (Å²) in [4.78, 5) is 25.9. The number of amides is 2. The molecule has 0 aromatic carbocycles. The molecule has 1 aliphatic heterocycles. The lowest BCUT2D eigenvalue weighted by atomic mass is 10.4. The molecule has 0 fully saturated rings. The van der Waals surface area contributed by atoms with E-state index in [9.17, 15) is 9.59 Å². The molecule has 0 spiro atoms. The minimum absolute atomic E-state index is 0.0599. The van der Waals surface area contributed by atoms with E-state index in [-0.39, 0.29) is 11.8 Å². The van der Waals surface area contributed by atoms with Crippen molar-refractivity contribution in [1.29, 1.82) is 0 Å². The van der Waals surface area contributed by atoms with Gasteiger partial charge in [0.1, 0.15) is 0 Å². The van der Waals surface area contributed by atoms with E-state index in [0.717, 1.165) is 10.1 Å². The fourth-order valence-corrected chi connectivity index (χ4v) is 2.44. The average molecular weight is 258 g/mol. The second-order valence-corrected chi connectivity index (χ2v) is 4.77. The van der Waals surface area contributed by atoms with Crippen molar-refractivity contribution in [2.45, 2.75) is 13.8 Å². The Labute approximate surface area is 104 Å². The van der Waals surface area contributed by atoms with Crippen LogP contribution in [0.15, 0.2) is 22.5 Å². The third-order valence-corrected chi connectivity index (χ3v) is 3.49. The maximum Gasteiger partial charge on any atom is 0.228 e. The second-order valence-electron chi connectivity index (χ2n) is 3.12. The summed E-state index contributed by atoms with van der Waals surface area (Å²) < 4.78 is 0. The Bertz CT molecular complexity index is 341.